The van der Waals surface area contributed by atoms with Gasteiger partial charge in [-0.1, -0.05) is 6.07 Å². The lowest BCUT2D eigenvalue weighted by atomic mass is 10.1. The fourth-order valence-corrected chi connectivity index (χ4v) is 0.996. The Morgan fingerprint density at radius 1 is 1.64 bits per heavy atom. The molecular weight excluding hydrogens is 138 g/mol. The molecule has 0 unspecified atom stereocenters. The maximum Gasteiger partial charge on any atom is 0.120 e. The molecule has 1 rings (SSSR count). The van der Waals surface area contributed by atoms with Crippen molar-refractivity contribution >= 4 is 6.29 Å². The molecular formula is C9H11NO. The molecule has 0 spiro atoms. The van der Waals surface area contributed by atoms with Crippen molar-refractivity contribution in [2.45, 2.75) is 19.8 Å². The van der Waals surface area contributed by atoms with Gasteiger partial charge < -0.3 is 4.79 Å². The highest BCUT2D eigenvalue weighted by molar-refractivity contribution is 5.50. The molecule has 58 valence electrons. The summed E-state index contributed by atoms with van der Waals surface area (Å²) in [6.45, 7) is 1.96. The average molecular weight is 149 g/mol. The van der Waals surface area contributed by atoms with Crippen molar-refractivity contribution in [3.63, 3.8) is 0 Å². The molecule has 0 fully saturated rings. The van der Waals surface area contributed by atoms with E-state index < -0.39 is 0 Å². The molecule has 2 nitrogen and oxygen atoms in total. The molecule has 0 saturated carbocycles. The number of hydrogen-bond acceptors (Lipinski definition) is 2. The monoisotopic (exact) mass is 149 g/mol. The smallest absolute Gasteiger partial charge is 0.120 e. The number of hydrogen-bond donors (Lipinski definition) is 0. The second kappa shape index (κ2) is 3.86. The molecule has 0 saturated heterocycles. The lowest BCUT2D eigenvalue weighted by molar-refractivity contribution is -0.107. The summed E-state index contributed by atoms with van der Waals surface area (Å²) in [5.74, 6) is 0. The highest BCUT2D eigenvalue weighted by Gasteiger charge is 1.95. The molecule has 1 aromatic rings. The summed E-state index contributed by atoms with van der Waals surface area (Å²) in [5, 5.41) is 0. The minimum absolute atomic E-state index is 0.590. The lowest BCUT2D eigenvalue weighted by Gasteiger charge is -1.99. The highest BCUT2D eigenvalue weighted by Crippen LogP contribution is 2.05. The standard InChI is InChI=1S/C9H11NO/c1-8-9(5-3-7-11)4-2-6-10-8/h2,4,6-7H,3,5H2,1H3. The molecule has 11 heavy (non-hydrogen) atoms. The van der Waals surface area contributed by atoms with Crippen LogP contribution in [0.25, 0.3) is 0 Å². The molecule has 2 heteroatoms. The Balaban J connectivity index is 2.69. The van der Waals surface area contributed by atoms with E-state index >= 15 is 0 Å². The molecule has 0 radical (unpaired) electrons. The van der Waals surface area contributed by atoms with Gasteiger partial charge in [0, 0.05) is 18.3 Å². The van der Waals surface area contributed by atoms with Crippen LogP contribution in [0.4, 0.5) is 0 Å². The van der Waals surface area contributed by atoms with Crippen molar-refractivity contribution in [3.05, 3.63) is 29.6 Å². The van der Waals surface area contributed by atoms with E-state index in [9.17, 15) is 4.79 Å². The van der Waals surface area contributed by atoms with Crippen LogP contribution in [0.2, 0.25) is 0 Å². The SMILES string of the molecule is Cc1ncccc1CCC=O. The van der Waals surface area contributed by atoms with Crippen molar-refractivity contribution in [1.29, 1.82) is 0 Å². The molecule has 0 aliphatic rings. The van der Waals surface area contributed by atoms with Gasteiger partial charge in [-0.3, -0.25) is 4.98 Å². The highest BCUT2D eigenvalue weighted by atomic mass is 16.1. The Morgan fingerprint density at radius 3 is 3.09 bits per heavy atom. The normalized spacial score (nSPS) is 9.55. The fraction of sp³-hybridized carbons (Fsp3) is 0.333. The molecule has 0 aliphatic heterocycles. The second-order valence-corrected chi connectivity index (χ2v) is 2.45. The number of carbonyl (C=O) groups is 1. The van der Waals surface area contributed by atoms with Crippen LogP contribution in [0.3, 0.4) is 0 Å². The van der Waals surface area contributed by atoms with Gasteiger partial charge in [0.2, 0.25) is 0 Å². The zero-order valence-corrected chi connectivity index (χ0v) is 6.58. The van der Waals surface area contributed by atoms with Gasteiger partial charge in [0.1, 0.15) is 6.29 Å². The summed E-state index contributed by atoms with van der Waals surface area (Å²) in [6.07, 6.45) is 4.10. The summed E-state index contributed by atoms with van der Waals surface area (Å²) in [4.78, 5) is 14.2. The Labute approximate surface area is 66.3 Å². The quantitative estimate of drug-likeness (QED) is 0.610. The third-order valence-corrected chi connectivity index (χ3v) is 1.65. The first-order valence-electron chi connectivity index (χ1n) is 3.68. The molecule has 0 amide bonds. The number of nitrogens with zero attached hydrogens (tertiary/aromatic N) is 1. The molecule has 1 aromatic heterocycles. The van der Waals surface area contributed by atoms with E-state index in [2.05, 4.69) is 4.98 Å². The molecule has 0 atom stereocenters. The van der Waals surface area contributed by atoms with Gasteiger partial charge in [-0.25, -0.2) is 0 Å². The van der Waals surface area contributed by atoms with Gasteiger partial charge in [-0.2, -0.15) is 0 Å². The van der Waals surface area contributed by atoms with Crippen molar-refractivity contribution < 1.29 is 4.79 Å². The van der Waals surface area contributed by atoms with E-state index in [1.807, 2.05) is 19.1 Å². The third kappa shape index (κ3) is 2.15. The average Bonchev–Trinajstić information content (AvgIpc) is 2.03. The molecule has 1 heterocycles. The largest absolute Gasteiger partial charge is 0.303 e. The number of aromatic nitrogens is 1. The number of carbonyl (C=O) groups excluding carboxylic acids is 1. The summed E-state index contributed by atoms with van der Waals surface area (Å²) < 4.78 is 0. The van der Waals surface area contributed by atoms with Crippen LogP contribution in [0.5, 0.6) is 0 Å². The van der Waals surface area contributed by atoms with Crippen molar-refractivity contribution in [1.82, 2.24) is 4.98 Å². The van der Waals surface area contributed by atoms with Gasteiger partial charge in [-0.15, -0.1) is 0 Å². The maximum atomic E-state index is 10.1. The molecule has 0 N–H and O–H groups in total. The minimum Gasteiger partial charge on any atom is -0.303 e. The van der Waals surface area contributed by atoms with Crippen molar-refractivity contribution in [2.24, 2.45) is 0 Å². The van der Waals surface area contributed by atoms with Crippen LogP contribution in [0.1, 0.15) is 17.7 Å². The number of rotatable bonds is 3. The van der Waals surface area contributed by atoms with Gasteiger partial charge in [0.15, 0.2) is 0 Å². The van der Waals surface area contributed by atoms with E-state index in [4.69, 9.17) is 0 Å². The Bertz CT molecular complexity index is 245. The van der Waals surface area contributed by atoms with Crippen LogP contribution < -0.4 is 0 Å². The first-order chi connectivity index (χ1) is 5.34. The fourth-order valence-electron chi connectivity index (χ4n) is 0.996. The maximum absolute atomic E-state index is 10.1. The lowest BCUT2D eigenvalue weighted by Crippen LogP contribution is -1.92. The summed E-state index contributed by atoms with van der Waals surface area (Å²) >= 11 is 0. The number of pyridine rings is 1. The van der Waals surface area contributed by atoms with Crippen molar-refractivity contribution in [2.75, 3.05) is 0 Å². The molecule has 0 aliphatic carbocycles. The summed E-state index contributed by atoms with van der Waals surface area (Å²) in [7, 11) is 0. The van der Waals surface area contributed by atoms with Crippen LogP contribution in [-0.4, -0.2) is 11.3 Å². The number of aryl methyl sites for hydroxylation is 2. The van der Waals surface area contributed by atoms with E-state index in [1.54, 1.807) is 6.20 Å². The minimum atomic E-state index is 0.590. The Hall–Kier alpha value is -1.18. The summed E-state index contributed by atoms with van der Waals surface area (Å²) in [6, 6.07) is 3.90. The summed E-state index contributed by atoms with van der Waals surface area (Å²) in [5.41, 5.74) is 2.19. The van der Waals surface area contributed by atoms with E-state index in [1.165, 1.54) is 5.56 Å². The zero-order chi connectivity index (χ0) is 8.10. The van der Waals surface area contributed by atoms with Gasteiger partial charge in [-0.05, 0) is 25.0 Å². The van der Waals surface area contributed by atoms with Gasteiger partial charge >= 0.3 is 0 Å². The van der Waals surface area contributed by atoms with Gasteiger partial charge in [0.05, 0.1) is 0 Å². The molecule has 0 bridgehead atoms. The van der Waals surface area contributed by atoms with E-state index in [0.29, 0.717) is 6.42 Å². The van der Waals surface area contributed by atoms with Crippen molar-refractivity contribution in [3.8, 4) is 0 Å². The molecule has 0 aromatic carbocycles. The Kier molecular flexibility index (Phi) is 2.78. The predicted octanol–water partition coefficient (Wildman–Crippen LogP) is 1.52. The first-order valence-corrected chi connectivity index (χ1v) is 3.68. The van der Waals surface area contributed by atoms with E-state index in [0.717, 1.165) is 18.4 Å². The topological polar surface area (TPSA) is 30.0 Å². The van der Waals surface area contributed by atoms with Crippen LogP contribution in [-0.2, 0) is 11.2 Å². The van der Waals surface area contributed by atoms with Crippen LogP contribution in [0.15, 0.2) is 18.3 Å². The third-order valence-electron chi connectivity index (χ3n) is 1.65. The Morgan fingerprint density at radius 2 is 2.45 bits per heavy atom. The zero-order valence-electron chi connectivity index (χ0n) is 6.58. The number of aldehydes is 1. The van der Waals surface area contributed by atoms with Crippen LogP contribution >= 0.6 is 0 Å². The van der Waals surface area contributed by atoms with Gasteiger partial charge in [0.25, 0.3) is 0 Å². The first kappa shape index (κ1) is 7.92. The second-order valence-electron chi connectivity index (χ2n) is 2.45. The van der Waals surface area contributed by atoms with E-state index in [-0.39, 0.29) is 0 Å². The van der Waals surface area contributed by atoms with Crippen LogP contribution in [0, 0.1) is 6.92 Å². The predicted molar refractivity (Wildman–Crippen MR) is 43.4 cm³/mol.